The van der Waals surface area contributed by atoms with E-state index in [4.69, 9.17) is 12.2 Å². The first-order valence-corrected chi connectivity index (χ1v) is 9.70. The van der Waals surface area contributed by atoms with Gasteiger partial charge in [0.2, 0.25) is 0 Å². The molecule has 0 atom stereocenters. The summed E-state index contributed by atoms with van der Waals surface area (Å²) in [5, 5.41) is 3.47. The van der Waals surface area contributed by atoms with E-state index in [1.54, 1.807) is 6.07 Å². The molecule has 2 aliphatic rings. The van der Waals surface area contributed by atoms with Crippen molar-refractivity contribution in [3.63, 3.8) is 0 Å². The fourth-order valence-electron chi connectivity index (χ4n) is 4.06. The molecule has 7 heteroatoms. The van der Waals surface area contributed by atoms with Crippen molar-refractivity contribution in [3.05, 3.63) is 29.8 Å². The Kier molecular flexibility index (Phi) is 6.07. The van der Waals surface area contributed by atoms with Gasteiger partial charge in [0, 0.05) is 30.9 Å². The van der Waals surface area contributed by atoms with Crippen LogP contribution in [0.4, 0.5) is 18.9 Å². The maximum Gasteiger partial charge on any atom is 0.416 e. The second kappa shape index (κ2) is 8.13. The Morgan fingerprint density at radius 1 is 1.12 bits per heavy atom. The smallest absolute Gasteiger partial charge is 0.349 e. The molecule has 0 aromatic heterocycles. The molecule has 1 aromatic carbocycles. The highest BCUT2D eigenvalue weighted by Gasteiger charge is 2.31. The minimum absolute atomic E-state index is 0.384. The standard InChI is InChI=1S/C19H26F3N3S/c1-24(16-7-2-3-8-16)17-9-11-25(12-10-17)18(26)23-15-6-4-5-14(13-15)19(20,21)22/h4-6,13,16-17H,2-3,7-12H2,1H3,(H,23,26). The number of thiocarbonyl (C=S) groups is 1. The zero-order chi connectivity index (χ0) is 18.7. The molecule has 1 aliphatic carbocycles. The number of anilines is 1. The normalized spacial score (nSPS) is 20.0. The van der Waals surface area contributed by atoms with Gasteiger partial charge in [0.25, 0.3) is 0 Å². The molecule has 0 bridgehead atoms. The van der Waals surface area contributed by atoms with E-state index in [2.05, 4.69) is 22.2 Å². The summed E-state index contributed by atoms with van der Waals surface area (Å²) in [6, 6.07) is 6.47. The second-order valence-corrected chi connectivity index (χ2v) is 7.72. The van der Waals surface area contributed by atoms with E-state index in [-0.39, 0.29) is 0 Å². The average Bonchev–Trinajstić information content (AvgIpc) is 3.15. The molecule has 0 unspecified atom stereocenters. The fourth-order valence-corrected chi connectivity index (χ4v) is 4.36. The van der Waals surface area contributed by atoms with E-state index in [9.17, 15) is 13.2 Å². The van der Waals surface area contributed by atoms with Crippen LogP contribution < -0.4 is 5.32 Å². The molecule has 1 saturated heterocycles. The minimum Gasteiger partial charge on any atom is -0.349 e. The Morgan fingerprint density at radius 3 is 2.35 bits per heavy atom. The molecule has 1 heterocycles. The van der Waals surface area contributed by atoms with Gasteiger partial charge in [-0.1, -0.05) is 18.9 Å². The number of hydrogen-bond donors (Lipinski definition) is 1. The number of rotatable bonds is 3. The summed E-state index contributed by atoms with van der Waals surface area (Å²) in [6.45, 7) is 1.68. The van der Waals surface area contributed by atoms with Crippen LogP contribution in [-0.4, -0.2) is 47.1 Å². The van der Waals surface area contributed by atoms with Gasteiger partial charge < -0.3 is 15.1 Å². The Hall–Kier alpha value is -1.34. The number of hydrogen-bond acceptors (Lipinski definition) is 2. The number of likely N-dealkylation sites (tertiary alicyclic amines) is 1. The third-order valence-corrected chi connectivity index (χ3v) is 6.03. The highest BCUT2D eigenvalue weighted by atomic mass is 32.1. The van der Waals surface area contributed by atoms with Crippen molar-refractivity contribution in [1.82, 2.24) is 9.80 Å². The van der Waals surface area contributed by atoms with E-state index in [0.29, 0.717) is 22.9 Å². The summed E-state index contributed by atoms with van der Waals surface area (Å²) >= 11 is 5.42. The maximum absolute atomic E-state index is 12.8. The summed E-state index contributed by atoms with van der Waals surface area (Å²) in [4.78, 5) is 4.60. The van der Waals surface area contributed by atoms with Gasteiger partial charge in [0.15, 0.2) is 5.11 Å². The topological polar surface area (TPSA) is 18.5 Å². The highest BCUT2D eigenvalue weighted by Crippen LogP contribution is 2.31. The molecule has 0 amide bonds. The molecule has 2 fully saturated rings. The Labute approximate surface area is 158 Å². The van der Waals surface area contributed by atoms with Gasteiger partial charge in [-0.3, -0.25) is 0 Å². The lowest BCUT2D eigenvalue weighted by Crippen LogP contribution is -2.48. The molecule has 3 nitrogen and oxygen atoms in total. The zero-order valence-corrected chi connectivity index (χ0v) is 15.9. The number of piperidine rings is 1. The highest BCUT2D eigenvalue weighted by molar-refractivity contribution is 7.80. The van der Waals surface area contributed by atoms with Gasteiger partial charge in [-0.2, -0.15) is 13.2 Å². The predicted octanol–water partition coefficient (Wildman–Crippen LogP) is 4.74. The summed E-state index contributed by atoms with van der Waals surface area (Å²) in [7, 11) is 2.23. The Balaban J connectivity index is 1.52. The Morgan fingerprint density at radius 2 is 1.73 bits per heavy atom. The summed E-state index contributed by atoms with van der Waals surface area (Å²) in [6.07, 6.45) is 2.99. The van der Waals surface area contributed by atoms with Crippen molar-refractivity contribution in [3.8, 4) is 0 Å². The van der Waals surface area contributed by atoms with Gasteiger partial charge in [-0.15, -0.1) is 0 Å². The number of nitrogens with one attached hydrogen (secondary N) is 1. The van der Waals surface area contributed by atoms with Crippen molar-refractivity contribution in [2.75, 3.05) is 25.5 Å². The van der Waals surface area contributed by atoms with Crippen LogP contribution in [0.3, 0.4) is 0 Å². The van der Waals surface area contributed by atoms with Gasteiger partial charge in [-0.25, -0.2) is 0 Å². The lowest BCUT2D eigenvalue weighted by Gasteiger charge is -2.40. The third-order valence-electron chi connectivity index (χ3n) is 5.67. The molecule has 26 heavy (non-hydrogen) atoms. The second-order valence-electron chi connectivity index (χ2n) is 7.33. The number of nitrogens with zero attached hydrogens (tertiary/aromatic N) is 2. The summed E-state index contributed by atoms with van der Waals surface area (Å²) in [5.41, 5.74) is -0.280. The van der Waals surface area contributed by atoms with Crippen molar-refractivity contribution < 1.29 is 13.2 Å². The molecule has 1 aliphatic heterocycles. The number of halogens is 3. The lowest BCUT2D eigenvalue weighted by atomic mass is 10.0. The SMILES string of the molecule is CN(C1CCCC1)C1CCN(C(=S)Nc2cccc(C(F)(F)F)c2)CC1. The van der Waals surface area contributed by atoms with Crippen molar-refractivity contribution in [2.45, 2.75) is 56.8 Å². The van der Waals surface area contributed by atoms with Crippen LogP contribution in [0.2, 0.25) is 0 Å². The molecular weight excluding hydrogens is 359 g/mol. The molecular formula is C19H26F3N3S. The first kappa shape index (κ1) is 19.4. The predicted molar refractivity (Wildman–Crippen MR) is 102 cm³/mol. The Bertz CT molecular complexity index is 621. The van der Waals surface area contributed by atoms with E-state index >= 15 is 0 Å². The first-order chi connectivity index (χ1) is 12.3. The number of benzene rings is 1. The fraction of sp³-hybridized carbons (Fsp3) is 0.632. The van der Waals surface area contributed by atoms with Crippen LogP contribution in [0, 0.1) is 0 Å². The maximum atomic E-state index is 12.8. The molecule has 0 radical (unpaired) electrons. The molecule has 1 N–H and O–H groups in total. The summed E-state index contributed by atoms with van der Waals surface area (Å²) < 4.78 is 38.5. The van der Waals surface area contributed by atoms with Crippen LogP contribution in [-0.2, 0) is 6.18 Å². The van der Waals surface area contributed by atoms with E-state index < -0.39 is 11.7 Å². The zero-order valence-electron chi connectivity index (χ0n) is 15.1. The molecule has 3 rings (SSSR count). The first-order valence-electron chi connectivity index (χ1n) is 9.30. The largest absolute Gasteiger partial charge is 0.416 e. The van der Waals surface area contributed by atoms with Gasteiger partial charge >= 0.3 is 6.18 Å². The van der Waals surface area contributed by atoms with Crippen LogP contribution in [0.5, 0.6) is 0 Å². The number of alkyl halides is 3. The minimum atomic E-state index is -4.34. The third kappa shape index (κ3) is 4.68. The van der Waals surface area contributed by atoms with Gasteiger partial charge in [-0.05, 0) is 63.1 Å². The van der Waals surface area contributed by atoms with Gasteiger partial charge in [0.05, 0.1) is 5.56 Å². The van der Waals surface area contributed by atoms with Crippen LogP contribution in [0.15, 0.2) is 24.3 Å². The van der Waals surface area contributed by atoms with Crippen molar-refractivity contribution in [2.24, 2.45) is 0 Å². The molecule has 1 aromatic rings. The lowest BCUT2D eigenvalue weighted by molar-refractivity contribution is -0.137. The molecule has 1 saturated carbocycles. The van der Waals surface area contributed by atoms with Crippen molar-refractivity contribution >= 4 is 23.0 Å². The van der Waals surface area contributed by atoms with E-state index in [1.165, 1.54) is 31.7 Å². The van der Waals surface area contributed by atoms with Gasteiger partial charge in [0.1, 0.15) is 0 Å². The van der Waals surface area contributed by atoms with E-state index in [0.717, 1.165) is 38.1 Å². The quantitative estimate of drug-likeness (QED) is 0.757. The molecule has 144 valence electrons. The van der Waals surface area contributed by atoms with Crippen LogP contribution in [0.1, 0.15) is 44.1 Å². The van der Waals surface area contributed by atoms with E-state index in [1.807, 2.05) is 0 Å². The monoisotopic (exact) mass is 385 g/mol. The van der Waals surface area contributed by atoms with Crippen molar-refractivity contribution in [1.29, 1.82) is 0 Å². The van der Waals surface area contributed by atoms with Crippen LogP contribution >= 0.6 is 12.2 Å². The summed E-state index contributed by atoms with van der Waals surface area (Å²) in [5.74, 6) is 0. The van der Waals surface area contributed by atoms with Crippen LogP contribution in [0.25, 0.3) is 0 Å². The average molecular weight is 385 g/mol. The molecule has 0 spiro atoms.